The molecule has 28 heavy (non-hydrogen) atoms. The van der Waals surface area contributed by atoms with Gasteiger partial charge in [0.1, 0.15) is 0 Å². The average Bonchev–Trinajstić information content (AvgIpc) is 3.13. The second-order valence-corrected chi connectivity index (χ2v) is 6.65. The van der Waals surface area contributed by atoms with E-state index in [0.29, 0.717) is 17.8 Å². The highest BCUT2D eigenvalue weighted by molar-refractivity contribution is 6.39. The molecule has 2 N–H and O–H groups in total. The van der Waals surface area contributed by atoms with Gasteiger partial charge in [0, 0.05) is 24.3 Å². The number of hydrazone groups is 1. The maximum Gasteiger partial charge on any atom is 0.329 e. The number of benzene rings is 2. The maximum atomic E-state index is 11.9. The van der Waals surface area contributed by atoms with Gasteiger partial charge < -0.3 is 10.2 Å². The fourth-order valence-electron chi connectivity index (χ4n) is 2.88. The summed E-state index contributed by atoms with van der Waals surface area (Å²) in [6.07, 6.45) is 1.46. The monoisotopic (exact) mass is 378 g/mol. The zero-order valence-corrected chi connectivity index (χ0v) is 15.9. The first kappa shape index (κ1) is 19.3. The predicted molar refractivity (Wildman–Crippen MR) is 108 cm³/mol. The van der Waals surface area contributed by atoms with Crippen molar-refractivity contribution >= 4 is 34.8 Å². The summed E-state index contributed by atoms with van der Waals surface area (Å²) in [5.41, 5.74) is 6.05. The summed E-state index contributed by atoms with van der Waals surface area (Å²) in [7, 11) is 0. The summed E-state index contributed by atoms with van der Waals surface area (Å²) in [6.45, 7) is 4.40. The number of aryl methyl sites for hydroxylation is 1. The molecule has 1 aliphatic rings. The highest BCUT2D eigenvalue weighted by Crippen LogP contribution is 2.21. The van der Waals surface area contributed by atoms with Crippen LogP contribution in [-0.4, -0.2) is 30.0 Å². The van der Waals surface area contributed by atoms with E-state index >= 15 is 0 Å². The van der Waals surface area contributed by atoms with Crippen molar-refractivity contribution in [3.63, 3.8) is 0 Å². The highest BCUT2D eigenvalue weighted by Gasteiger charge is 2.21. The zero-order valence-electron chi connectivity index (χ0n) is 15.9. The van der Waals surface area contributed by atoms with Crippen LogP contribution in [0.3, 0.4) is 0 Å². The SMILES string of the molecule is C/C(=N/NC(=O)C(=O)Nc1ccc(C)cc1)c1ccc(N2CCCC2=O)cc1. The first-order valence-corrected chi connectivity index (χ1v) is 9.07. The Balaban J connectivity index is 1.58. The van der Waals surface area contributed by atoms with E-state index in [1.165, 1.54) is 0 Å². The lowest BCUT2D eigenvalue weighted by Gasteiger charge is -2.15. The van der Waals surface area contributed by atoms with Crippen molar-refractivity contribution in [2.24, 2.45) is 5.10 Å². The fourth-order valence-corrected chi connectivity index (χ4v) is 2.88. The van der Waals surface area contributed by atoms with Crippen LogP contribution < -0.4 is 15.6 Å². The Morgan fingerprint density at radius 1 is 1.00 bits per heavy atom. The van der Waals surface area contributed by atoms with Gasteiger partial charge in [-0.05, 0) is 50.1 Å². The molecule has 7 nitrogen and oxygen atoms in total. The average molecular weight is 378 g/mol. The number of amides is 3. The van der Waals surface area contributed by atoms with Crippen LogP contribution in [0.1, 0.15) is 30.9 Å². The van der Waals surface area contributed by atoms with E-state index in [1.54, 1.807) is 24.0 Å². The van der Waals surface area contributed by atoms with Crippen molar-refractivity contribution in [2.75, 3.05) is 16.8 Å². The van der Waals surface area contributed by atoms with Crippen LogP contribution >= 0.6 is 0 Å². The molecule has 1 saturated heterocycles. The molecule has 2 aromatic rings. The molecule has 0 bridgehead atoms. The molecule has 1 aliphatic heterocycles. The minimum atomic E-state index is -0.848. The summed E-state index contributed by atoms with van der Waals surface area (Å²) in [4.78, 5) is 37.4. The van der Waals surface area contributed by atoms with E-state index in [4.69, 9.17) is 0 Å². The van der Waals surface area contributed by atoms with Crippen molar-refractivity contribution in [1.82, 2.24) is 5.43 Å². The van der Waals surface area contributed by atoms with Crippen molar-refractivity contribution in [3.05, 3.63) is 59.7 Å². The number of carbonyl (C=O) groups excluding carboxylic acids is 3. The third-order valence-corrected chi connectivity index (χ3v) is 4.51. The predicted octanol–water partition coefficient (Wildman–Crippen LogP) is 2.60. The number of nitrogens with one attached hydrogen (secondary N) is 2. The Bertz CT molecular complexity index is 918. The van der Waals surface area contributed by atoms with Crippen LogP contribution in [0.15, 0.2) is 53.6 Å². The van der Waals surface area contributed by atoms with Crippen molar-refractivity contribution < 1.29 is 14.4 Å². The normalized spacial score (nSPS) is 14.1. The Kier molecular flexibility index (Phi) is 5.84. The molecule has 144 valence electrons. The molecule has 7 heteroatoms. The molecule has 1 heterocycles. The van der Waals surface area contributed by atoms with Gasteiger partial charge in [0.15, 0.2) is 0 Å². The zero-order chi connectivity index (χ0) is 20.1. The topological polar surface area (TPSA) is 90.9 Å². The van der Waals surface area contributed by atoms with Crippen LogP contribution in [0.5, 0.6) is 0 Å². The summed E-state index contributed by atoms with van der Waals surface area (Å²) < 4.78 is 0. The minimum absolute atomic E-state index is 0.130. The molecule has 2 aromatic carbocycles. The molecular formula is C21H22N4O3. The van der Waals surface area contributed by atoms with E-state index in [2.05, 4.69) is 15.8 Å². The summed E-state index contributed by atoms with van der Waals surface area (Å²) in [6, 6.07) is 14.5. The minimum Gasteiger partial charge on any atom is -0.318 e. The van der Waals surface area contributed by atoms with Gasteiger partial charge in [0.2, 0.25) is 5.91 Å². The molecule has 0 atom stereocenters. The molecule has 3 amide bonds. The van der Waals surface area contributed by atoms with E-state index in [9.17, 15) is 14.4 Å². The Morgan fingerprint density at radius 3 is 2.29 bits per heavy atom. The van der Waals surface area contributed by atoms with E-state index in [-0.39, 0.29) is 5.91 Å². The van der Waals surface area contributed by atoms with Crippen LogP contribution in [-0.2, 0) is 14.4 Å². The van der Waals surface area contributed by atoms with Gasteiger partial charge in [-0.25, -0.2) is 5.43 Å². The number of hydrogen-bond donors (Lipinski definition) is 2. The molecule has 0 unspecified atom stereocenters. The maximum absolute atomic E-state index is 11.9. The van der Waals surface area contributed by atoms with Gasteiger partial charge in [-0.1, -0.05) is 29.8 Å². The summed E-state index contributed by atoms with van der Waals surface area (Å²) in [5, 5.41) is 6.51. The van der Waals surface area contributed by atoms with Crippen LogP contribution in [0, 0.1) is 6.92 Å². The molecule has 3 rings (SSSR count). The number of carbonyl (C=O) groups is 3. The number of anilines is 2. The Labute approximate surface area is 163 Å². The molecule has 0 aromatic heterocycles. The molecular weight excluding hydrogens is 356 g/mol. The molecule has 0 saturated carbocycles. The van der Waals surface area contributed by atoms with Crippen LogP contribution in [0.25, 0.3) is 0 Å². The highest BCUT2D eigenvalue weighted by atomic mass is 16.2. The third-order valence-electron chi connectivity index (χ3n) is 4.51. The molecule has 0 radical (unpaired) electrons. The second-order valence-electron chi connectivity index (χ2n) is 6.65. The van der Waals surface area contributed by atoms with E-state index < -0.39 is 11.8 Å². The fraction of sp³-hybridized carbons (Fsp3) is 0.238. The second kappa shape index (κ2) is 8.47. The number of rotatable bonds is 4. The first-order valence-electron chi connectivity index (χ1n) is 9.07. The van der Waals surface area contributed by atoms with Gasteiger partial charge in [0.05, 0.1) is 5.71 Å². The van der Waals surface area contributed by atoms with Gasteiger partial charge >= 0.3 is 11.8 Å². The lowest BCUT2D eigenvalue weighted by molar-refractivity contribution is -0.136. The van der Waals surface area contributed by atoms with Gasteiger partial charge in [0.25, 0.3) is 0 Å². The molecule has 1 fully saturated rings. The number of nitrogens with zero attached hydrogens (tertiary/aromatic N) is 2. The van der Waals surface area contributed by atoms with Crippen LogP contribution in [0.2, 0.25) is 0 Å². The summed E-state index contributed by atoms with van der Waals surface area (Å²) in [5.74, 6) is -1.51. The molecule has 0 spiro atoms. The van der Waals surface area contributed by atoms with Gasteiger partial charge in [-0.3, -0.25) is 14.4 Å². The van der Waals surface area contributed by atoms with Crippen molar-refractivity contribution in [2.45, 2.75) is 26.7 Å². The number of hydrogen-bond acceptors (Lipinski definition) is 4. The van der Waals surface area contributed by atoms with E-state index in [1.807, 2.05) is 43.3 Å². The standard InChI is InChI=1S/C21H22N4O3/c1-14-5-9-17(10-6-14)22-20(27)21(28)24-23-15(2)16-7-11-18(12-8-16)25-13-3-4-19(25)26/h5-12H,3-4,13H2,1-2H3,(H,22,27)(H,24,28)/b23-15-. The van der Waals surface area contributed by atoms with Crippen molar-refractivity contribution in [3.8, 4) is 0 Å². The smallest absolute Gasteiger partial charge is 0.318 e. The lowest BCUT2D eigenvalue weighted by atomic mass is 10.1. The lowest BCUT2D eigenvalue weighted by Crippen LogP contribution is -2.32. The van der Waals surface area contributed by atoms with Gasteiger partial charge in [-0.2, -0.15) is 5.10 Å². The van der Waals surface area contributed by atoms with E-state index in [0.717, 1.165) is 29.8 Å². The van der Waals surface area contributed by atoms with Gasteiger partial charge in [-0.15, -0.1) is 0 Å². The summed E-state index contributed by atoms with van der Waals surface area (Å²) >= 11 is 0. The third kappa shape index (κ3) is 4.62. The van der Waals surface area contributed by atoms with Crippen LogP contribution in [0.4, 0.5) is 11.4 Å². The molecule has 0 aliphatic carbocycles. The quantitative estimate of drug-likeness (QED) is 0.487. The largest absolute Gasteiger partial charge is 0.329 e. The van der Waals surface area contributed by atoms with Crippen molar-refractivity contribution in [1.29, 1.82) is 0 Å². The Morgan fingerprint density at radius 2 is 1.68 bits per heavy atom. The Hall–Kier alpha value is -3.48. The first-order chi connectivity index (χ1) is 13.4.